The fourth-order valence-electron chi connectivity index (χ4n) is 1.55. The van der Waals surface area contributed by atoms with Gasteiger partial charge in [-0.1, -0.05) is 11.8 Å². The predicted molar refractivity (Wildman–Crippen MR) is 76.0 cm³/mol. The number of halogens is 1. The molecule has 0 aliphatic heterocycles. The zero-order valence-corrected chi connectivity index (χ0v) is 11.1. The first kappa shape index (κ1) is 13.4. The summed E-state index contributed by atoms with van der Waals surface area (Å²) in [6, 6.07) is 11.7. The van der Waals surface area contributed by atoms with Gasteiger partial charge < -0.3 is 0 Å². The molecule has 0 unspecified atom stereocenters. The van der Waals surface area contributed by atoms with Gasteiger partial charge in [0.1, 0.15) is 5.82 Å². The highest BCUT2D eigenvalue weighted by atomic mass is 32.2. The first-order chi connectivity index (χ1) is 9.22. The molecule has 0 aliphatic carbocycles. The summed E-state index contributed by atoms with van der Waals surface area (Å²) >= 11 is 1.66. The van der Waals surface area contributed by atoms with E-state index in [1.54, 1.807) is 11.8 Å². The molecule has 0 fully saturated rings. The molecule has 0 saturated carbocycles. The van der Waals surface area contributed by atoms with Crippen molar-refractivity contribution in [3.8, 4) is 11.8 Å². The molecular formula is C16H11FOS. The maximum atomic E-state index is 13.1. The van der Waals surface area contributed by atoms with Crippen LogP contribution in [0.3, 0.4) is 0 Å². The summed E-state index contributed by atoms with van der Waals surface area (Å²) in [5.41, 5.74) is 1.64. The normalized spacial score (nSPS) is 9.58. The van der Waals surface area contributed by atoms with E-state index < -0.39 is 5.82 Å². The van der Waals surface area contributed by atoms with Gasteiger partial charge in [-0.2, -0.15) is 0 Å². The molecule has 0 aromatic heterocycles. The quantitative estimate of drug-likeness (QED) is 0.469. The van der Waals surface area contributed by atoms with Crippen LogP contribution < -0.4 is 0 Å². The zero-order valence-electron chi connectivity index (χ0n) is 10.3. The Morgan fingerprint density at radius 3 is 2.47 bits per heavy atom. The molecule has 0 amide bonds. The summed E-state index contributed by atoms with van der Waals surface area (Å²) in [6.07, 6.45) is 2.68. The smallest absolute Gasteiger partial charge is 0.151 e. The minimum absolute atomic E-state index is 0.396. The Morgan fingerprint density at radius 1 is 1.11 bits per heavy atom. The standard InChI is InChI=1S/C16H11FOS/c1-19-16-8-3-12(4-9-16)2-5-13-10-15(17)7-6-14(13)11-18/h3-4,6-11H,1H3. The monoisotopic (exact) mass is 270 g/mol. The van der Waals surface area contributed by atoms with Crippen LogP contribution in [0.5, 0.6) is 0 Å². The van der Waals surface area contributed by atoms with Crippen molar-refractivity contribution in [2.24, 2.45) is 0 Å². The lowest BCUT2D eigenvalue weighted by molar-refractivity contribution is 0.112. The Labute approximate surface area is 115 Å². The van der Waals surface area contributed by atoms with Gasteiger partial charge in [-0.25, -0.2) is 4.39 Å². The van der Waals surface area contributed by atoms with Gasteiger partial charge in [0, 0.05) is 21.6 Å². The molecule has 2 rings (SSSR count). The van der Waals surface area contributed by atoms with Crippen LogP contribution in [-0.4, -0.2) is 12.5 Å². The van der Waals surface area contributed by atoms with Crippen LogP contribution in [-0.2, 0) is 0 Å². The van der Waals surface area contributed by atoms with Crippen LogP contribution in [0.4, 0.5) is 4.39 Å². The van der Waals surface area contributed by atoms with Crippen LogP contribution in [0.25, 0.3) is 0 Å². The second-order valence-corrected chi connectivity index (χ2v) is 4.71. The molecular weight excluding hydrogens is 259 g/mol. The average molecular weight is 270 g/mol. The van der Waals surface area contributed by atoms with E-state index in [1.807, 2.05) is 30.5 Å². The van der Waals surface area contributed by atoms with E-state index in [9.17, 15) is 9.18 Å². The fourth-order valence-corrected chi connectivity index (χ4v) is 1.96. The van der Waals surface area contributed by atoms with Gasteiger partial charge in [0.25, 0.3) is 0 Å². The number of hydrogen-bond donors (Lipinski definition) is 0. The molecule has 0 heterocycles. The number of aldehydes is 1. The third kappa shape index (κ3) is 3.46. The van der Waals surface area contributed by atoms with Crippen molar-refractivity contribution in [1.29, 1.82) is 0 Å². The minimum atomic E-state index is -0.396. The Bertz CT molecular complexity index is 651. The van der Waals surface area contributed by atoms with E-state index in [0.29, 0.717) is 17.4 Å². The second kappa shape index (κ2) is 6.21. The van der Waals surface area contributed by atoms with Crippen molar-refractivity contribution in [3.05, 3.63) is 65.0 Å². The summed E-state index contributed by atoms with van der Waals surface area (Å²) in [4.78, 5) is 12.0. The molecule has 1 nitrogen and oxygen atoms in total. The van der Waals surface area contributed by atoms with Crippen molar-refractivity contribution in [3.63, 3.8) is 0 Å². The van der Waals surface area contributed by atoms with Gasteiger partial charge in [0.2, 0.25) is 0 Å². The summed E-state index contributed by atoms with van der Waals surface area (Å²) < 4.78 is 13.1. The maximum absolute atomic E-state index is 13.1. The third-order valence-electron chi connectivity index (χ3n) is 2.57. The van der Waals surface area contributed by atoms with E-state index >= 15 is 0 Å². The Morgan fingerprint density at radius 2 is 1.84 bits per heavy atom. The molecule has 2 aromatic rings. The van der Waals surface area contributed by atoms with E-state index in [1.165, 1.54) is 18.2 Å². The van der Waals surface area contributed by atoms with E-state index in [4.69, 9.17) is 0 Å². The lowest BCUT2D eigenvalue weighted by atomic mass is 10.1. The number of hydrogen-bond acceptors (Lipinski definition) is 2. The van der Waals surface area contributed by atoms with Crippen LogP contribution in [0.1, 0.15) is 21.5 Å². The largest absolute Gasteiger partial charge is 0.298 e. The van der Waals surface area contributed by atoms with Crippen molar-refractivity contribution >= 4 is 18.0 Å². The number of thioether (sulfide) groups is 1. The van der Waals surface area contributed by atoms with Crippen molar-refractivity contribution in [1.82, 2.24) is 0 Å². The topological polar surface area (TPSA) is 17.1 Å². The number of carbonyl (C=O) groups is 1. The summed E-state index contributed by atoms with van der Waals surface area (Å²) in [6.45, 7) is 0. The summed E-state index contributed by atoms with van der Waals surface area (Å²) in [5.74, 6) is 5.36. The highest BCUT2D eigenvalue weighted by Crippen LogP contribution is 2.14. The highest BCUT2D eigenvalue weighted by Gasteiger charge is 2.00. The fraction of sp³-hybridized carbons (Fsp3) is 0.0625. The lowest BCUT2D eigenvalue weighted by Crippen LogP contribution is -1.88. The first-order valence-electron chi connectivity index (χ1n) is 5.64. The van der Waals surface area contributed by atoms with E-state index in [0.717, 1.165) is 10.5 Å². The Balaban J connectivity index is 2.32. The van der Waals surface area contributed by atoms with Gasteiger partial charge in [0.05, 0.1) is 0 Å². The minimum Gasteiger partial charge on any atom is -0.298 e. The van der Waals surface area contributed by atoms with Gasteiger partial charge in [0.15, 0.2) is 6.29 Å². The molecule has 19 heavy (non-hydrogen) atoms. The Hall–Kier alpha value is -2.05. The van der Waals surface area contributed by atoms with Gasteiger partial charge >= 0.3 is 0 Å². The first-order valence-corrected chi connectivity index (χ1v) is 6.86. The molecule has 2 aromatic carbocycles. The number of benzene rings is 2. The molecule has 0 bridgehead atoms. The molecule has 3 heteroatoms. The predicted octanol–water partition coefficient (Wildman–Crippen LogP) is 3.76. The van der Waals surface area contributed by atoms with Crippen LogP contribution in [0, 0.1) is 17.7 Å². The zero-order chi connectivity index (χ0) is 13.7. The molecule has 0 saturated heterocycles. The molecule has 0 aliphatic rings. The average Bonchev–Trinajstić information content (AvgIpc) is 2.46. The van der Waals surface area contributed by atoms with Gasteiger partial charge in [-0.05, 0) is 48.7 Å². The number of carbonyl (C=O) groups excluding carboxylic acids is 1. The molecule has 94 valence electrons. The molecule has 0 N–H and O–H groups in total. The van der Waals surface area contributed by atoms with Crippen molar-refractivity contribution in [2.75, 3.05) is 6.26 Å². The maximum Gasteiger partial charge on any atom is 0.151 e. The molecule has 0 radical (unpaired) electrons. The SMILES string of the molecule is CSc1ccc(C#Cc2cc(F)ccc2C=O)cc1. The van der Waals surface area contributed by atoms with Crippen LogP contribution in [0.2, 0.25) is 0 Å². The van der Waals surface area contributed by atoms with Crippen LogP contribution in [0.15, 0.2) is 47.4 Å². The molecule has 0 spiro atoms. The Kier molecular flexibility index (Phi) is 4.38. The highest BCUT2D eigenvalue weighted by molar-refractivity contribution is 7.98. The van der Waals surface area contributed by atoms with Gasteiger partial charge in [-0.15, -0.1) is 11.8 Å². The van der Waals surface area contributed by atoms with Crippen LogP contribution >= 0.6 is 11.8 Å². The lowest BCUT2D eigenvalue weighted by Gasteiger charge is -1.97. The van der Waals surface area contributed by atoms with Crippen molar-refractivity contribution < 1.29 is 9.18 Å². The summed E-state index contributed by atoms with van der Waals surface area (Å²) in [7, 11) is 0. The third-order valence-corrected chi connectivity index (χ3v) is 3.32. The number of rotatable bonds is 2. The van der Waals surface area contributed by atoms with Crippen molar-refractivity contribution in [2.45, 2.75) is 4.90 Å². The summed E-state index contributed by atoms with van der Waals surface area (Å²) in [5, 5.41) is 0. The van der Waals surface area contributed by atoms with E-state index in [2.05, 4.69) is 11.8 Å². The molecule has 0 atom stereocenters. The van der Waals surface area contributed by atoms with E-state index in [-0.39, 0.29) is 0 Å². The second-order valence-electron chi connectivity index (χ2n) is 3.83. The van der Waals surface area contributed by atoms with Gasteiger partial charge in [-0.3, -0.25) is 4.79 Å².